The van der Waals surface area contributed by atoms with Gasteiger partial charge in [0.1, 0.15) is 5.75 Å². The van der Waals surface area contributed by atoms with E-state index in [0.29, 0.717) is 6.54 Å². The van der Waals surface area contributed by atoms with Crippen LogP contribution in [0, 0.1) is 6.92 Å². The van der Waals surface area contributed by atoms with Crippen molar-refractivity contribution in [1.29, 1.82) is 0 Å². The predicted octanol–water partition coefficient (Wildman–Crippen LogP) is 3.62. The lowest BCUT2D eigenvalue weighted by Crippen LogP contribution is -2.06. The number of nitrogens with two attached hydrogens (primary N) is 1. The molecule has 0 saturated heterocycles. The lowest BCUT2D eigenvalue weighted by Gasteiger charge is -2.11. The molecule has 0 fully saturated rings. The fourth-order valence-electron chi connectivity index (χ4n) is 1.95. The molecule has 0 aliphatic carbocycles. The summed E-state index contributed by atoms with van der Waals surface area (Å²) in [7, 11) is 0. The normalized spacial score (nSPS) is 10.3. The van der Waals surface area contributed by atoms with Gasteiger partial charge in [0.2, 0.25) is 0 Å². The molecule has 2 N–H and O–H groups in total. The molecular weight excluding hydrogens is 222 g/mol. The van der Waals surface area contributed by atoms with Crippen LogP contribution in [0.5, 0.6) is 5.75 Å². The van der Waals surface area contributed by atoms with Crippen molar-refractivity contribution < 1.29 is 4.74 Å². The second-order valence-electron chi connectivity index (χ2n) is 4.64. The van der Waals surface area contributed by atoms with Gasteiger partial charge < -0.3 is 10.5 Å². The van der Waals surface area contributed by atoms with Gasteiger partial charge in [-0.15, -0.1) is 6.58 Å². The van der Waals surface area contributed by atoms with Crippen LogP contribution in [0.1, 0.15) is 36.8 Å². The quantitative estimate of drug-likeness (QED) is 0.534. The van der Waals surface area contributed by atoms with Gasteiger partial charge in [-0.1, -0.05) is 23.8 Å². The minimum absolute atomic E-state index is 0.666. The van der Waals surface area contributed by atoms with Crippen LogP contribution in [0.4, 0.5) is 0 Å². The maximum atomic E-state index is 5.84. The molecule has 1 aromatic rings. The Bertz CT molecular complexity index is 360. The average Bonchev–Trinajstić information content (AvgIpc) is 2.36. The van der Waals surface area contributed by atoms with Crippen molar-refractivity contribution in [3.8, 4) is 5.75 Å². The zero-order valence-corrected chi connectivity index (χ0v) is 11.5. The third-order valence-electron chi connectivity index (χ3n) is 2.94. The summed E-state index contributed by atoms with van der Waals surface area (Å²) in [6.07, 6.45) is 7.46. The molecule has 0 aliphatic rings. The maximum Gasteiger partial charge on any atom is 0.122 e. The Morgan fingerprint density at radius 3 is 2.83 bits per heavy atom. The first-order chi connectivity index (χ1) is 8.77. The predicted molar refractivity (Wildman–Crippen MR) is 78.1 cm³/mol. The lowest BCUT2D eigenvalue weighted by molar-refractivity contribution is 0.302. The number of benzene rings is 1. The topological polar surface area (TPSA) is 35.2 Å². The van der Waals surface area contributed by atoms with Crippen molar-refractivity contribution in [2.24, 2.45) is 5.73 Å². The van der Waals surface area contributed by atoms with Gasteiger partial charge in [0, 0.05) is 0 Å². The molecule has 1 rings (SSSR count). The highest BCUT2D eigenvalue weighted by molar-refractivity contribution is 5.37. The van der Waals surface area contributed by atoms with Crippen LogP contribution in [-0.4, -0.2) is 13.2 Å². The molecule has 0 aromatic heterocycles. The van der Waals surface area contributed by atoms with E-state index in [-0.39, 0.29) is 0 Å². The SMILES string of the molecule is C=CCCCCCOc1ccc(C)cc1CCN. The Morgan fingerprint density at radius 2 is 2.11 bits per heavy atom. The third kappa shape index (κ3) is 5.37. The lowest BCUT2D eigenvalue weighted by atomic mass is 10.1. The van der Waals surface area contributed by atoms with Gasteiger partial charge in [0.25, 0.3) is 0 Å². The Kier molecular flexibility index (Phi) is 7.19. The summed E-state index contributed by atoms with van der Waals surface area (Å²) in [4.78, 5) is 0. The summed E-state index contributed by atoms with van der Waals surface area (Å²) in [5, 5.41) is 0. The van der Waals surface area contributed by atoms with Gasteiger partial charge >= 0.3 is 0 Å². The summed E-state index contributed by atoms with van der Waals surface area (Å²) >= 11 is 0. The molecule has 0 radical (unpaired) electrons. The van der Waals surface area contributed by atoms with E-state index in [1.54, 1.807) is 0 Å². The second-order valence-corrected chi connectivity index (χ2v) is 4.64. The van der Waals surface area contributed by atoms with Crippen LogP contribution in [0.2, 0.25) is 0 Å². The first-order valence-electron chi connectivity index (χ1n) is 6.81. The van der Waals surface area contributed by atoms with Crippen LogP contribution in [-0.2, 0) is 6.42 Å². The summed E-state index contributed by atoms with van der Waals surface area (Å²) < 4.78 is 5.84. The number of allylic oxidation sites excluding steroid dienone is 1. The summed E-state index contributed by atoms with van der Waals surface area (Å²) in [5.41, 5.74) is 8.11. The standard InChI is InChI=1S/C16H25NO/c1-3-4-5-6-7-12-18-16-9-8-14(2)13-15(16)10-11-17/h3,8-9,13H,1,4-7,10-12,17H2,2H3. The van der Waals surface area contributed by atoms with Crippen molar-refractivity contribution >= 4 is 0 Å². The molecule has 0 spiro atoms. The van der Waals surface area contributed by atoms with Gasteiger partial charge in [-0.3, -0.25) is 0 Å². The monoisotopic (exact) mass is 247 g/mol. The van der Waals surface area contributed by atoms with Crippen molar-refractivity contribution in [1.82, 2.24) is 0 Å². The Labute approximate surface area is 111 Å². The number of rotatable bonds is 9. The molecule has 0 amide bonds. The number of hydrogen-bond donors (Lipinski definition) is 1. The first-order valence-corrected chi connectivity index (χ1v) is 6.81. The van der Waals surface area contributed by atoms with Gasteiger partial charge in [-0.25, -0.2) is 0 Å². The molecular formula is C16H25NO. The third-order valence-corrected chi connectivity index (χ3v) is 2.94. The molecule has 1 aromatic carbocycles. The van der Waals surface area contributed by atoms with Crippen LogP contribution in [0.25, 0.3) is 0 Å². The van der Waals surface area contributed by atoms with E-state index in [1.165, 1.54) is 24.0 Å². The van der Waals surface area contributed by atoms with Crippen LogP contribution in [0.15, 0.2) is 30.9 Å². The molecule has 2 nitrogen and oxygen atoms in total. The Balaban J connectivity index is 2.38. The van der Waals surface area contributed by atoms with Gasteiger partial charge in [0.05, 0.1) is 6.61 Å². The van der Waals surface area contributed by atoms with Gasteiger partial charge in [-0.2, -0.15) is 0 Å². The van der Waals surface area contributed by atoms with Gasteiger partial charge in [0.15, 0.2) is 0 Å². The van der Waals surface area contributed by atoms with E-state index >= 15 is 0 Å². The Morgan fingerprint density at radius 1 is 1.28 bits per heavy atom. The van der Waals surface area contributed by atoms with E-state index < -0.39 is 0 Å². The molecule has 0 saturated carbocycles. The summed E-state index contributed by atoms with van der Waals surface area (Å²) in [5.74, 6) is 0.995. The van der Waals surface area contributed by atoms with Crippen molar-refractivity contribution in [3.63, 3.8) is 0 Å². The van der Waals surface area contributed by atoms with Crippen LogP contribution < -0.4 is 10.5 Å². The minimum Gasteiger partial charge on any atom is -0.493 e. The largest absolute Gasteiger partial charge is 0.493 e. The van der Waals surface area contributed by atoms with E-state index in [9.17, 15) is 0 Å². The highest BCUT2D eigenvalue weighted by Gasteiger charge is 2.03. The van der Waals surface area contributed by atoms with Crippen molar-refractivity contribution in [2.75, 3.05) is 13.2 Å². The Hall–Kier alpha value is -1.28. The van der Waals surface area contributed by atoms with Crippen LogP contribution >= 0.6 is 0 Å². The van der Waals surface area contributed by atoms with Crippen molar-refractivity contribution in [3.05, 3.63) is 42.0 Å². The molecule has 0 bridgehead atoms. The number of aryl methyl sites for hydroxylation is 1. The highest BCUT2D eigenvalue weighted by Crippen LogP contribution is 2.20. The minimum atomic E-state index is 0.666. The fraction of sp³-hybridized carbons (Fsp3) is 0.500. The average molecular weight is 247 g/mol. The molecule has 18 heavy (non-hydrogen) atoms. The number of hydrogen-bond acceptors (Lipinski definition) is 2. The van der Waals surface area contributed by atoms with Crippen molar-refractivity contribution in [2.45, 2.75) is 39.0 Å². The summed E-state index contributed by atoms with van der Waals surface area (Å²) in [6.45, 7) is 7.27. The highest BCUT2D eigenvalue weighted by atomic mass is 16.5. The zero-order chi connectivity index (χ0) is 13.2. The molecule has 0 atom stereocenters. The maximum absolute atomic E-state index is 5.84. The van der Waals surface area contributed by atoms with E-state index in [4.69, 9.17) is 10.5 Å². The molecule has 2 heteroatoms. The zero-order valence-electron chi connectivity index (χ0n) is 11.5. The number of ether oxygens (including phenoxy) is 1. The number of unbranched alkanes of at least 4 members (excludes halogenated alkanes) is 3. The van der Waals surface area contributed by atoms with E-state index in [1.807, 2.05) is 6.08 Å². The first kappa shape index (κ1) is 14.8. The molecule has 0 heterocycles. The second kappa shape index (κ2) is 8.76. The molecule has 0 aliphatic heterocycles. The van der Waals surface area contributed by atoms with E-state index in [0.717, 1.165) is 31.6 Å². The van der Waals surface area contributed by atoms with Gasteiger partial charge in [-0.05, 0) is 57.2 Å². The van der Waals surface area contributed by atoms with E-state index in [2.05, 4.69) is 31.7 Å². The molecule has 0 unspecified atom stereocenters. The summed E-state index contributed by atoms with van der Waals surface area (Å²) in [6, 6.07) is 6.32. The fourth-order valence-corrected chi connectivity index (χ4v) is 1.95. The molecule has 100 valence electrons. The van der Waals surface area contributed by atoms with Crippen LogP contribution in [0.3, 0.4) is 0 Å². The smallest absolute Gasteiger partial charge is 0.122 e.